The lowest BCUT2D eigenvalue weighted by molar-refractivity contribution is 0.452. The molecule has 1 aliphatic carbocycles. The Morgan fingerprint density at radius 2 is 1.95 bits per heavy atom. The smallest absolute Gasteiger partial charge is 0.243 e. The van der Waals surface area contributed by atoms with Gasteiger partial charge in [0.25, 0.3) is 0 Å². The minimum absolute atomic E-state index is 0.457. The molecule has 0 heterocycles. The Morgan fingerprint density at radius 3 is 2.52 bits per heavy atom. The molecule has 0 aliphatic heterocycles. The summed E-state index contributed by atoms with van der Waals surface area (Å²) in [7, 11) is -1.70. The maximum atomic E-state index is 12.8. The number of hydrogen-bond acceptors (Lipinski definition) is 3. The van der Waals surface area contributed by atoms with E-state index in [1.807, 2.05) is 26.8 Å². The van der Waals surface area contributed by atoms with Crippen LogP contribution in [0.4, 0.5) is 0 Å². The minimum atomic E-state index is -3.39. The van der Waals surface area contributed by atoms with Gasteiger partial charge in [0.1, 0.15) is 0 Å². The van der Waals surface area contributed by atoms with Crippen molar-refractivity contribution < 1.29 is 8.42 Å². The fraction of sp³-hybridized carbons (Fsp3) is 0.625. The zero-order valence-electron chi connectivity index (χ0n) is 13.4. The maximum Gasteiger partial charge on any atom is 0.243 e. The molecular formula is C16H26N2O2S. The average molecular weight is 310 g/mol. The van der Waals surface area contributed by atoms with Crippen LogP contribution in [0, 0.1) is 19.8 Å². The van der Waals surface area contributed by atoms with E-state index < -0.39 is 10.0 Å². The van der Waals surface area contributed by atoms with Gasteiger partial charge in [-0.3, -0.25) is 0 Å². The van der Waals surface area contributed by atoms with Crippen molar-refractivity contribution in [3.8, 4) is 0 Å². The topological polar surface area (TPSA) is 49.4 Å². The normalized spacial score (nSPS) is 15.7. The molecule has 1 aromatic carbocycles. The van der Waals surface area contributed by atoms with E-state index in [4.69, 9.17) is 0 Å². The molecule has 5 heteroatoms. The van der Waals surface area contributed by atoms with Gasteiger partial charge in [0, 0.05) is 20.1 Å². The fourth-order valence-electron chi connectivity index (χ4n) is 2.47. The first-order valence-corrected chi connectivity index (χ1v) is 9.07. The molecule has 1 aromatic rings. The van der Waals surface area contributed by atoms with Crippen molar-refractivity contribution >= 4 is 10.0 Å². The SMILES string of the molecule is CCNCc1cc(C)c(C)c(S(=O)(=O)N(C)CC2CC2)c1. The summed E-state index contributed by atoms with van der Waals surface area (Å²) in [6, 6.07) is 3.89. The summed E-state index contributed by atoms with van der Waals surface area (Å²) in [6.07, 6.45) is 2.30. The van der Waals surface area contributed by atoms with E-state index in [2.05, 4.69) is 11.4 Å². The van der Waals surface area contributed by atoms with Crippen LogP contribution in [0.3, 0.4) is 0 Å². The minimum Gasteiger partial charge on any atom is -0.313 e. The molecule has 0 amide bonds. The first-order chi connectivity index (χ1) is 9.86. The van der Waals surface area contributed by atoms with Crippen LogP contribution >= 0.6 is 0 Å². The molecule has 1 N–H and O–H groups in total. The highest BCUT2D eigenvalue weighted by atomic mass is 32.2. The van der Waals surface area contributed by atoms with Gasteiger partial charge in [0.15, 0.2) is 0 Å². The maximum absolute atomic E-state index is 12.8. The molecule has 1 aliphatic rings. The molecule has 0 saturated heterocycles. The van der Waals surface area contributed by atoms with Crippen molar-refractivity contribution in [3.05, 3.63) is 28.8 Å². The lowest BCUT2D eigenvalue weighted by Gasteiger charge is -2.20. The number of rotatable bonds is 7. The summed E-state index contributed by atoms with van der Waals surface area (Å²) < 4.78 is 27.1. The second-order valence-electron chi connectivity index (χ2n) is 6.05. The molecule has 21 heavy (non-hydrogen) atoms. The van der Waals surface area contributed by atoms with Gasteiger partial charge < -0.3 is 5.32 Å². The molecule has 0 radical (unpaired) electrons. The van der Waals surface area contributed by atoms with Crippen LogP contribution in [0.15, 0.2) is 17.0 Å². The van der Waals surface area contributed by atoms with Gasteiger partial charge >= 0.3 is 0 Å². The molecule has 118 valence electrons. The molecule has 2 rings (SSSR count). The van der Waals surface area contributed by atoms with Crippen LogP contribution in [0.1, 0.15) is 36.5 Å². The third-order valence-electron chi connectivity index (χ3n) is 4.16. The van der Waals surface area contributed by atoms with E-state index in [1.54, 1.807) is 7.05 Å². The Morgan fingerprint density at radius 1 is 1.29 bits per heavy atom. The van der Waals surface area contributed by atoms with Crippen LogP contribution in [0.5, 0.6) is 0 Å². The molecule has 0 spiro atoms. The molecule has 0 unspecified atom stereocenters. The summed E-state index contributed by atoms with van der Waals surface area (Å²) in [5, 5.41) is 3.25. The van der Waals surface area contributed by atoms with Crippen LogP contribution in [-0.2, 0) is 16.6 Å². The summed E-state index contributed by atoms with van der Waals surface area (Å²) in [4.78, 5) is 0.457. The fourth-order valence-corrected chi connectivity index (χ4v) is 4.06. The van der Waals surface area contributed by atoms with E-state index in [0.717, 1.165) is 36.1 Å². The lowest BCUT2D eigenvalue weighted by atomic mass is 10.1. The van der Waals surface area contributed by atoms with E-state index in [0.29, 0.717) is 23.9 Å². The largest absolute Gasteiger partial charge is 0.313 e. The Balaban J connectivity index is 2.33. The van der Waals surface area contributed by atoms with Gasteiger partial charge in [-0.2, -0.15) is 0 Å². The predicted molar refractivity (Wildman–Crippen MR) is 85.8 cm³/mol. The molecule has 0 atom stereocenters. The number of sulfonamides is 1. The molecule has 1 fully saturated rings. The van der Waals surface area contributed by atoms with Crippen molar-refractivity contribution in [2.45, 2.75) is 45.1 Å². The summed E-state index contributed by atoms with van der Waals surface area (Å²) in [5.41, 5.74) is 2.92. The second-order valence-corrected chi connectivity index (χ2v) is 8.06. The Labute approximate surface area is 128 Å². The van der Waals surface area contributed by atoms with Gasteiger partial charge in [-0.1, -0.05) is 13.0 Å². The Kier molecular flexibility index (Phi) is 5.07. The zero-order valence-corrected chi connectivity index (χ0v) is 14.3. The molecule has 1 saturated carbocycles. The summed E-state index contributed by atoms with van der Waals surface area (Å²) >= 11 is 0. The monoisotopic (exact) mass is 310 g/mol. The second kappa shape index (κ2) is 6.46. The number of benzene rings is 1. The first kappa shape index (κ1) is 16.5. The van der Waals surface area contributed by atoms with Crippen LogP contribution < -0.4 is 5.32 Å². The zero-order chi connectivity index (χ0) is 15.6. The third kappa shape index (κ3) is 3.84. The van der Waals surface area contributed by atoms with Crippen molar-refractivity contribution in [1.29, 1.82) is 0 Å². The van der Waals surface area contributed by atoms with Crippen molar-refractivity contribution in [2.75, 3.05) is 20.1 Å². The molecule has 4 nitrogen and oxygen atoms in total. The summed E-state index contributed by atoms with van der Waals surface area (Å²) in [6.45, 7) is 8.12. The number of nitrogens with zero attached hydrogens (tertiary/aromatic N) is 1. The molecule has 0 bridgehead atoms. The Hall–Kier alpha value is -0.910. The van der Waals surface area contributed by atoms with Crippen molar-refractivity contribution in [1.82, 2.24) is 9.62 Å². The number of aryl methyl sites for hydroxylation is 1. The van der Waals surface area contributed by atoms with E-state index in [1.165, 1.54) is 4.31 Å². The summed E-state index contributed by atoms with van der Waals surface area (Å²) in [5.74, 6) is 0.552. The van der Waals surface area contributed by atoms with Gasteiger partial charge in [-0.15, -0.1) is 0 Å². The quantitative estimate of drug-likeness (QED) is 0.841. The van der Waals surface area contributed by atoms with Crippen LogP contribution in [-0.4, -0.2) is 32.9 Å². The van der Waals surface area contributed by atoms with Gasteiger partial charge in [0.2, 0.25) is 10.0 Å². The van der Waals surface area contributed by atoms with E-state index >= 15 is 0 Å². The average Bonchev–Trinajstić information content (AvgIpc) is 3.23. The van der Waals surface area contributed by atoms with Gasteiger partial charge in [-0.05, 0) is 61.9 Å². The lowest BCUT2D eigenvalue weighted by Crippen LogP contribution is -2.29. The van der Waals surface area contributed by atoms with Crippen molar-refractivity contribution in [2.24, 2.45) is 5.92 Å². The van der Waals surface area contributed by atoms with Crippen LogP contribution in [0.2, 0.25) is 0 Å². The highest BCUT2D eigenvalue weighted by Crippen LogP contribution is 2.32. The molecular weight excluding hydrogens is 284 g/mol. The number of hydrogen-bond donors (Lipinski definition) is 1. The van der Waals surface area contributed by atoms with E-state index in [9.17, 15) is 8.42 Å². The predicted octanol–water partition coefficient (Wildman–Crippen LogP) is 2.44. The first-order valence-electron chi connectivity index (χ1n) is 7.63. The molecule has 0 aromatic heterocycles. The van der Waals surface area contributed by atoms with E-state index in [-0.39, 0.29) is 0 Å². The van der Waals surface area contributed by atoms with Crippen molar-refractivity contribution in [3.63, 3.8) is 0 Å². The van der Waals surface area contributed by atoms with Gasteiger partial charge in [-0.25, -0.2) is 12.7 Å². The third-order valence-corrected chi connectivity index (χ3v) is 6.11. The Bertz CT molecular complexity index is 607. The number of nitrogens with one attached hydrogen (secondary N) is 1. The standard InChI is InChI=1S/C16H26N2O2S/c1-5-17-10-15-8-12(2)13(3)16(9-15)21(19,20)18(4)11-14-6-7-14/h8-9,14,17H,5-7,10-11H2,1-4H3. The van der Waals surface area contributed by atoms with Gasteiger partial charge in [0.05, 0.1) is 4.90 Å². The highest BCUT2D eigenvalue weighted by molar-refractivity contribution is 7.89. The highest BCUT2D eigenvalue weighted by Gasteiger charge is 2.30. The van der Waals surface area contributed by atoms with Crippen LogP contribution in [0.25, 0.3) is 0 Å².